The lowest BCUT2D eigenvalue weighted by molar-refractivity contribution is -0.131. The van der Waals surface area contributed by atoms with Crippen LogP contribution >= 0.6 is 0 Å². The summed E-state index contributed by atoms with van der Waals surface area (Å²) in [5.41, 5.74) is 0. The van der Waals surface area contributed by atoms with Crippen molar-refractivity contribution in [2.75, 3.05) is 13.2 Å². The molecule has 2 aliphatic rings. The van der Waals surface area contributed by atoms with E-state index in [0.29, 0.717) is 17.8 Å². The number of nitrogens with zero attached hydrogens (tertiary/aromatic N) is 1. The first-order valence-electron chi connectivity index (χ1n) is 8.08. The summed E-state index contributed by atoms with van der Waals surface area (Å²) in [6, 6.07) is 0.0000255. The molecule has 2 aliphatic heterocycles. The van der Waals surface area contributed by atoms with Gasteiger partial charge in [-0.1, -0.05) is 27.7 Å². The van der Waals surface area contributed by atoms with Crippen molar-refractivity contribution in [3.8, 4) is 0 Å². The number of hydrogen-bond donors (Lipinski definition) is 1. The molecule has 4 heteroatoms. The first-order valence-corrected chi connectivity index (χ1v) is 8.08. The van der Waals surface area contributed by atoms with Crippen LogP contribution in [0.2, 0.25) is 0 Å². The van der Waals surface area contributed by atoms with E-state index in [-0.39, 0.29) is 24.2 Å². The lowest BCUT2D eigenvalue weighted by Gasteiger charge is -2.30. The fraction of sp³-hybridized carbons (Fsp3) is 0.938. The smallest absolute Gasteiger partial charge is 0.241 e. The molecule has 2 rings (SSSR count). The van der Waals surface area contributed by atoms with E-state index in [1.54, 1.807) is 0 Å². The summed E-state index contributed by atoms with van der Waals surface area (Å²) in [4.78, 5) is 14.7. The molecule has 1 N–H and O–H groups in total. The lowest BCUT2D eigenvalue weighted by atomic mass is 10.0. The van der Waals surface area contributed by atoms with Crippen molar-refractivity contribution in [2.45, 2.75) is 65.8 Å². The third-order valence-electron chi connectivity index (χ3n) is 4.59. The number of amides is 1. The molecule has 0 spiro atoms. The van der Waals surface area contributed by atoms with Gasteiger partial charge in [0.15, 0.2) is 0 Å². The maximum absolute atomic E-state index is 12.7. The highest BCUT2D eigenvalue weighted by Gasteiger charge is 2.42. The summed E-state index contributed by atoms with van der Waals surface area (Å²) in [7, 11) is 0. The number of nitrogens with one attached hydrogen (secondary N) is 1. The van der Waals surface area contributed by atoms with Gasteiger partial charge in [-0.05, 0) is 31.6 Å². The molecular formula is C16H30N2O2. The number of carbonyl (C=O) groups is 1. The Morgan fingerprint density at radius 3 is 2.55 bits per heavy atom. The Kier molecular flexibility index (Phi) is 5.08. The molecule has 0 aromatic heterocycles. The van der Waals surface area contributed by atoms with Crippen molar-refractivity contribution < 1.29 is 9.53 Å². The summed E-state index contributed by atoms with van der Waals surface area (Å²) < 4.78 is 5.64. The Morgan fingerprint density at radius 1 is 1.35 bits per heavy atom. The fourth-order valence-corrected chi connectivity index (χ4v) is 3.37. The number of hydrogen-bond acceptors (Lipinski definition) is 3. The molecule has 0 aliphatic carbocycles. The number of rotatable bonds is 5. The highest BCUT2D eigenvalue weighted by atomic mass is 16.5. The molecular weight excluding hydrogens is 252 g/mol. The van der Waals surface area contributed by atoms with Crippen molar-refractivity contribution in [1.29, 1.82) is 0 Å². The average Bonchev–Trinajstić information content (AvgIpc) is 2.88. The van der Waals surface area contributed by atoms with Crippen LogP contribution in [-0.4, -0.2) is 42.3 Å². The fourth-order valence-electron chi connectivity index (χ4n) is 3.37. The Labute approximate surface area is 123 Å². The predicted molar refractivity (Wildman–Crippen MR) is 80.2 cm³/mol. The van der Waals surface area contributed by atoms with E-state index in [1.165, 1.54) is 0 Å². The average molecular weight is 282 g/mol. The van der Waals surface area contributed by atoms with Crippen LogP contribution < -0.4 is 5.32 Å². The predicted octanol–water partition coefficient (Wildman–Crippen LogP) is 2.24. The maximum Gasteiger partial charge on any atom is 0.241 e. The van der Waals surface area contributed by atoms with Crippen molar-refractivity contribution in [2.24, 2.45) is 17.8 Å². The quantitative estimate of drug-likeness (QED) is 0.841. The first-order chi connectivity index (χ1) is 9.40. The molecule has 4 unspecified atom stereocenters. The van der Waals surface area contributed by atoms with Crippen molar-refractivity contribution in [3.05, 3.63) is 0 Å². The molecule has 2 saturated heterocycles. The Morgan fingerprint density at radius 2 is 2.05 bits per heavy atom. The van der Waals surface area contributed by atoms with Gasteiger partial charge >= 0.3 is 0 Å². The number of carbonyl (C=O) groups excluding carboxylic acids is 1. The van der Waals surface area contributed by atoms with Crippen molar-refractivity contribution in [1.82, 2.24) is 10.2 Å². The Balaban J connectivity index is 2.05. The van der Waals surface area contributed by atoms with E-state index < -0.39 is 0 Å². The molecule has 2 fully saturated rings. The Hall–Kier alpha value is -0.610. The van der Waals surface area contributed by atoms with Gasteiger partial charge in [0, 0.05) is 19.1 Å². The normalized spacial score (nSPS) is 34.8. The largest absolute Gasteiger partial charge is 0.378 e. The molecule has 20 heavy (non-hydrogen) atoms. The minimum absolute atomic E-state index is 0.0000255. The third kappa shape index (κ3) is 3.34. The van der Waals surface area contributed by atoms with Crippen LogP contribution in [0.15, 0.2) is 0 Å². The zero-order valence-corrected chi connectivity index (χ0v) is 13.6. The number of ether oxygens (including phenoxy) is 1. The van der Waals surface area contributed by atoms with Crippen LogP contribution in [0.4, 0.5) is 0 Å². The van der Waals surface area contributed by atoms with Gasteiger partial charge in [0.2, 0.25) is 5.91 Å². The molecule has 116 valence electrons. The van der Waals surface area contributed by atoms with Crippen LogP contribution in [0.5, 0.6) is 0 Å². The standard InChI is InChI=1S/C16H30N2O2/c1-10(2)8-14-16(19)18(15(17-14)11(3)4)9-13-6-7-20-12(13)5/h10-15,17H,6-9H2,1-5H3. The zero-order valence-electron chi connectivity index (χ0n) is 13.6. The Bertz CT molecular complexity index is 343. The van der Waals surface area contributed by atoms with Gasteiger partial charge in [-0.3, -0.25) is 10.1 Å². The van der Waals surface area contributed by atoms with Crippen molar-refractivity contribution in [3.63, 3.8) is 0 Å². The summed E-state index contributed by atoms with van der Waals surface area (Å²) in [6.07, 6.45) is 2.46. The molecule has 1 amide bonds. The van der Waals surface area contributed by atoms with E-state index in [2.05, 4.69) is 44.8 Å². The monoisotopic (exact) mass is 282 g/mol. The van der Waals surface area contributed by atoms with E-state index >= 15 is 0 Å². The van der Waals surface area contributed by atoms with Gasteiger partial charge in [-0.15, -0.1) is 0 Å². The van der Waals surface area contributed by atoms with Crippen LogP contribution in [0.1, 0.15) is 47.5 Å². The molecule has 0 bridgehead atoms. The topological polar surface area (TPSA) is 41.6 Å². The summed E-state index contributed by atoms with van der Waals surface area (Å²) in [5.74, 6) is 1.75. The summed E-state index contributed by atoms with van der Waals surface area (Å²) in [6.45, 7) is 12.5. The van der Waals surface area contributed by atoms with Crippen LogP contribution in [0, 0.1) is 17.8 Å². The molecule has 0 saturated carbocycles. The van der Waals surface area contributed by atoms with Crippen LogP contribution in [-0.2, 0) is 9.53 Å². The second kappa shape index (κ2) is 6.44. The molecule has 2 heterocycles. The molecule has 0 radical (unpaired) electrons. The van der Waals surface area contributed by atoms with Gasteiger partial charge in [-0.2, -0.15) is 0 Å². The molecule has 0 aromatic carbocycles. The SMILES string of the molecule is CC(C)CC1NC(C(C)C)N(CC2CCOC2C)C1=O. The zero-order chi connectivity index (χ0) is 14.9. The summed E-state index contributed by atoms with van der Waals surface area (Å²) >= 11 is 0. The summed E-state index contributed by atoms with van der Waals surface area (Å²) in [5, 5.41) is 3.55. The highest BCUT2D eigenvalue weighted by Crippen LogP contribution is 2.27. The minimum Gasteiger partial charge on any atom is -0.378 e. The first kappa shape index (κ1) is 15.8. The highest BCUT2D eigenvalue weighted by molar-refractivity contribution is 5.84. The maximum atomic E-state index is 12.7. The third-order valence-corrected chi connectivity index (χ3v) is 4.59. The van der Waals surface area contributed by atoms with E-state index in [9.17, 15) is 4.79 Å². The van der Waals surface area contributed by atoms with Gasteiger partial charge in [0.25, 0.3) is 0 Å². The van der Waals surface area contributed by atoms with Crippen LogP contribution in [0.25, 0.3) is 0 Å². The van der Waals surface area contributed by atoms with Crippen molar-refractivity contribution >= 4 is 5.91 Å². The van der Waals surface area contributed by atoms with E-state index in [0.717, 1.165) is 26.0 Å². The molecule has 0 aromatic rings. The van der Waals surface area contributed by atoms with Gasteiger partial charge < -0.3 is 9.64 Å². The molecule has 4 nitrogen and oxygen atoms in total. The van der Waals surface area contributed by atoms with Gasteiger partial charge in [0.05, 0.1) is 18.3 Å². The van der Waals surface area contributed by atoms with E-state index in [4.69, 9.17) is 4.74 Å². The minimum atomic E-state index is 0.0000255. The second-order valence-electron chi connectivity index (χ2n) is 7.15. The van der Waals surface area contributed by atoms with E-state index in [1.807, 2.05) is 0 Å². The second-order valence-corrected chi connectivity index (χ2v) is 7.15. The van der Waals surface area contributed by atoms with Crippen LogP contribution in [0.3, 0.4) is 0 Å². The van der Waals surface area contributed by atoms with Gasteiger partial charge in [0.1, 0.15) is 0 Å². The lowest BCUT2D eigenvalue weighted by Crippen LogP contribution is -2.44. The molecule has 4 atom stereocenters. The van der Waals surface area contributed by atoms with Gasteiger partial charge in [-0.25, -0.2) is 0 Å².